The fraction of sp³-hybridized carbons (Fsp3) is 0.263. The van der Waals surface area contributed by atoms with E-state index < -0.39 is 22.0 Å². The SMILES string of the molecule is COc1ccc(NC(=O)NC(=O)CNc2ccc(C)c(S(=O)(=O)N(C)C)c2)cc1. The zero-order valence-corrected chi connectivity index (χ0v) is 17.5. The van der Waals surface area contributed by atoms with Gasteiger partial charge in [-0.05, 0) is 48.9 Å². The molecule has 0 bridgehead atoms. The number of ether oxygens (including phenoxy) is 1. The maximum Gasteiger partial charge on any atom is 0.325 e. The van der Waals surface area contributed by atoms with Gasteiger partial charge in [-0.25, -0.2) is 17.5 Å². The van der Waals surface area contributed by atoms with E-state index in [1.165, 1.54) is 27.3 Å². The van der Waals surface area contributed by atoms with Crippen molar-refractivity contribution in [3.63, 3.8) is 0 Å². The Bertz CT molecular complexity index is 988. The lowest BCUT2D eigenvalue weighted by atomic mass is 10.2. The number of carbonyl (C=O) groups is 2. The number of sulfonamides is 1. The van der Waals surface area contributed by atoms with Crippen LogP contribution in [0.3, 0.4) is 0 Å². The molecule has 9 nitrogen and oxygen atoms in total. The average Bonchev–Trinajstić information content (AvgIpc) is 2.67. The lowest BCUT2D eigenvalue weighted by Crippen LogP contribution is -2.38. The summed E-state index contributed by atoms with van der Waals surface area (Å²) < 4.78 is 30.9. The first-order chi connectivity index (χ1) is 13.6. The Morgan fingerprint density at radius 1 is 1.03 bits per heavy atom. The number of urea groups is 1. The Morgan fingerprint density at radius 2 is 1.66 bits per heavy atom. The van der Waals surface area contributed by atoms with Gasteiger partial charge in [-0.3, -0.25) is 10.1 Å². The van der Waals surface area contributed by atoms with E-state index in [0.717, 1.165) is 4.31 Å². The minimum absolute atomic E-state index is 0.144. The lowest BCUT2D eigenvalue weighted by Gasteiger charge is -2.15. The first-order valence-corrected chi connectivity index (χ1v) is 10.1. The highest BCUT2D eigenvalue weighted by atomic mass is 32.2. The number of hydrogen-bond acceptors (Lipinski definition) is 6. The van der Waals surface area contributed by atoms with E-state index in [9.17, 15) is 18.0 Å². The van der Waals surface area contributed by atoms with Crippen LogP contribution in [0.5, 0.6) is 5.75 Å². The number of imide groups is 1. The van der Waals surface area contributed by atoms with Crippen molar-refractivity contribution in [3.05, 3.63) is 48.0 Å². The summed E-state index contributed by atoms with van der Waals surface area (Å²) in [5.41, 5.74) is 1.54. The molecular weight excluding hydrogens is 396 g/mol. The first kappa shape index (κ1) is 22.2. The predicted octanol–water partition coefficient (Wildman–Crippen LogP) is 2.01. The Hall–Kier alpha value is -3.11. The fourth-order valence-corrected chi connectivity index (χ4v) is 3.52. The molecule has 0 aliphatic carbocycles. The van der Waals surface area contributed by atoms with Gasteiger partial charge in [-0.15, -0.1) is 0 Å². The van der Waals surface area contributed by atoms with Crippen LogP contribution in [-0.4, -0.2) is 52.4 Å². The normalized spacial score (nSPS) is 11.1. The monoisotopic (exact) mass is 420 g/mol. The number of carbonyl (C=O) groups excluding carboxylic acids is 2. The lowest BCUT2D eigenvalue weighted by molar-refractivity contribution is -0.118. The van der Waals surface area contributed by atoms with E-state index in [0.29, 0.717) is 22.7 Å². The van der Waals surface area contributed by atoms with E-state index in [1.54, 1.807) is 43.3 Å². The Labute approximate surface area is 170 Å². The maximum atomic E-state index is 12.4. The molecule has 0 saturated carbocycles. The number of methoxy groups -OCH3 is 1. The minimum atomic E-state index is -3.61. The second-order valence-electron chi connectivity index (χ2n) is 6.35. The van der Waals surface area contributed by atoms with Gasteiger partial charge in [0, 0.05) is 25.5 Å². The van der Waals surface area contributed by atoms with Gasteiger partial charge in [0.15, 0.2) is 0 Å². The summed E-state index contributed by atoms with van der Waals surface area (Å²) in [4.78, 5) is 24.0. The number of benzene rings is 2. The van der Waals surface area contributed by atoms with Crippen LogP contribution in [0.15, 0.2) is 47.4 Å². The summed E-state index contributed by atoms with van der Waals surface area (Å²) in [6.45, 7) is 1.48. The minimum Gasteiger partial charge on any atom is -0.497 e. The van der Waals surface area contributed by atoms with Crippen LogP contribution in [0.4, 0.5) is 16.2 Å². The molecule has 0 spiro atoms. The average molecular weight is 420 g/mol. The summed E-state index contributed by atoms with van der Waals surface area (Å²) in [5.74, 6) is 0.0681. The molecule has 0 aliphatic heterocycles. The number of hydrogen-bond donors (Lipinski definition) is 3. The Morgan fingerprint density at radius 3 is 2.24 bits per heavy atom. The Kier molecular flexibility index (Phi) is 7.18. The molecule has 0 heterocycles. The van der Waals surface area contributed by atoms with Crippen LogP contribution >= 0.6 is 0 Å². The molecule has 2 rings (SSSR count). The molecule has 156 valence electrons. The van der Waals surface area contributed by atoms with E-state index in [1.807, 2.05) is 0 Å². The molecule has 0 radical (unpaired) electrons. The number of rotatable bonds is 7. The van der Waals surface area contributed by atoms with E-state index in [-0.39, 0.29) is 11.4 Å². The molecule has 0 unspecified atom stereocenters. The van der Waals surface area contributed by atoms with Crippen molar-refractivity contribution < 1.29 is 22.7 Å². The van der Waals surface area contributed by atoms with Crippen LogP contribution in [0.2, 0.25) is 0 Å². The smallest absolute Gasteiger partial charge is 0.325 e. The topological polar surface area (TPSA) is 117 Å². The number of aryl methyl sites for hydroxylation is 1. The molecule has 3 N–H and O–H groups in total. The second kappa shape index (κ2) is 9.39. The summed E-state index contributed by atoms with van der Waals surface area (Å²) in [7, 11) is 0.824. The molecule has 2 aromatic rings. The summed E-state index contributed by atoms with van der Waals surface area (Å²) in [6.07, 6.45) is 0. The third kappa shape index (κ3) is 5.93. The highest BCUT2D eigenvalue weighted by Crippen LogP contribution is 2.22. The second-order valence-corrected chi connectivity index (χ2v) is 8.47. The predicted molar refractivity (Wildman–Crippen MR) is 111 cm³/mol. The number of nitrogens with one attached hydrogen (secondary N) is 3. The molecule has 0 aromatic heterocycles. The quantitative estimate of drug-likeness (QED) is 0.631. The van der Waals surface area contributed by atoms with E-state index >= 15 is 0 Å². The number of amides is 3. The summed E-state index contributed by atoms with van der Waals surface area (Å²) >= 11 is 0. The Balaban J connectivity index is 1.94. The van der Waals surface area contributed by atoms with Gasteiger partial charge in [0.2, 0.25) is 15.9 Å². The van der Waals surface area contributed by atoms with Crippen molar-refractivity contribution in [2.24, 2.45) is 0 Å². The highest BCUT2D eigenvalue weighted by molar-refractivity contribution is 7.89. The van der Waals surface area contributed by atoms with Crippen molar-refractivity contribution in [1.29, 1.82) is 0 Å². The van der Waals surface area contributed by atoms with Gasteiger partial charge in [0.25, 0.3) is 0 Å². The molecule has 0 fully saturated rings. The van der Waals surface area contributed by atoms with E-state index in [2.05, 4.69) is 16.0 Å². The van der Waals surface area contributed by atoms with Gasteiger partial charge in [-0.1, -0.05) is 6.07 Å². The molecule has 0 atom stereocenters. The van der Waals surface area contributed by atoms with Crippen molar-refractivity contribution in [2.45, 2.75) is 11.8 Å². The molecule has 10 heteroatoms. The molecular formula is C19H24N4O5S. The summed E-state index contributed by atoms with van der Waals surface area (Å²) in [5, 5.41) is 7.54. The standard InChI is InChI=1S/C19H24N4O5S/c1-13-5-6-15(11-17(13)29(26,27)23(2)3)20-12-18(24)22-19(25)21-14-7-9-16(28-4)10-8-14/h5-11,20H,12H2,1-4H3,(H2,21,22,24,25). The van der Waals surface area contributed by atoms with Gasteiger partial charge in [0.1, 0.15) is 5.75 Å². The molecule has 3 amide bonds. The molecule has 0 saturated heterocycles. The first-order valence-electron chi connectivity index (χ1n) is 8.65. The maximum absolute atomic E-state index is 12.4. The van der Waals surface area contributed by atoms with Crippen molar-refractivity contribution in [3.8, 4) is 5.75 Å². The van der Waals surface area contributed by atoms with Gasteiger partial charge < -0.3 is 15.4 Å². The number of anilines is 2. The van der Waals surface area contributed by atoms with Crippen molar-refractivity contribution in [1.82, 2.24) is 9.62 Å². The van der Waals surface area contributed by atoms with Gasteiger partial charge in [-0.2, -0.15) is 0 Å². The van der Waals surface area contributed by atoms with E-state index in [4.69, 9.17) is 4.74 Å². The largest absolute Gasteiger partial charge is 0.497 e. The third-order valence-electron chi connectivity index (χ3n) is 4.00. The van der Waals surface area contributed by atoms with Crippen LogP contribution in [-0.2, 0) is 14.8 Å². The van der Waals surface area contributed by atoms with Gasteiger partial charge in [0.05, 0.1) is 18.6 Å². The van der Waals surface area contributed by atoms with Crippen molar-refractivity contribution in [2.75, 3.05) is 38.4 Å². The number of nitrogens with zero attached hydrogens (tertiary/aromatic N) is 1. The molecule has 2 aromatic carbocycles. The third-order valence-corrected chi connectivity index (χ3v) is 5.96. The van der Waals surface area contributed by atoms with Gasteiger partial charge >= 0.3 is 6.03 Å². The summed E-state index contributed by atoms with van der Waals surface area (Å²) in [6, 6.07) is 10.7. The van der Waals surface area contributed by atoms with Crippen LogP contribution < -0.4 is 20.7 Å². The fourth-order valence-electron chi connectivity index (χ4n) is 2.37. The zero-order chi connectivity index (χ0) is 21.6. The molecule has 29 heavy (non-hydrogen) atoms. The molecule has 0 aliphatic rings. The highest BCUT2D eigenvalue weighted by Gasteiger charge is 2.20. The zero-order valence-electron chi connectivity index (χ0n) is 16.6. The van der Waals surface area contributed by atoms with Crippen LogP contribution in [0, 0.1) is 6.92 Å². The van der Waals surface area contributed by atoms with Crippen LogP contribution in [0.1, 0.15) is 5.56 Å². The van der Waals surface area contributed by atoms with Crippen LogP contribution in [0.25, 0.3) is 0 Å². The van der Waals surface area contributed by atoms with Crippen molar-refractivity contribution >= 4 is 33.3 Å².